The average Bonchev–Trinajstić information content (AvgIpc) is 2.29. The number of urea groups is 1. The van der Waals surface area contributed by atoms with Gasteiger partial charge >= 0.3 is 6.03 Å². The molecule has 0 heterocycles. The molecule has 2 amide bonds. The van der Waals surface area contributed by atoms with Crippen molar-refractivity contribution >= 4 is 6.03 Å². The average molecular weight is 240 g/mol. The number of aliphatic hydroxyl groups is 1. The summed E-state index contributed by atoms with van der Waals surface area (Å²) in [6, 6.07) is 5.77. The zero-order valence-corrected chi connectivity index (χ0v) is 9.51. The molecule has 94 valence electrons. The number of hydrogen-bond donors (Lipinski definition) is 4. The second-order valence-electron chi connectivity index (χ2n) is 3.38. The van der Waals surface area contributed by atoms with Gasteiger partial charge in [-0.05, 0) is 31.2 Å². The van der Waals surface area contributed by atoms with E-state index in [2.05, 4.69) is 10.6 Å². The quantitative estimate of drug-likeness (QED) is 0.561. The Balaban J connectivity index is 2.36. The molecule has 1 unspecified atom stereocenters. The van der Waals surface area contributed by atoms with Gasteiger partial charge in [-0.2, -0.15) is 0 Å². The molecule has 1 aromatic rings. The van der Waals surface area contributed by atoms with Crippen LogP contribution < -0.4 is 15.4 Å². The molecule has 0 bridgehead atoms. The van der Waals surface area contributed by atoms with Gasteiger partial charge < -0.3 is 25.6 Å². The Morgan fingerprint density at radius 3 is 2.65 bits per heavy atom. The van der Waals surface area contributed by atoms with E-state index in [1.54, 1.807) is 19.1 Å². The third-order valence-electron chi connectivity index (χ3n) is 1.88. The van der Waals surface area contributed by atoms with Gasteiger partial charge in [0, 0.05) is 6.54 Å². The highest BCUT2D eigenvalue weighted by molar-refractivity contribution is 5.73. The fraction of sp³-hybridized carbons (Fsp3) is 0.364. The van der Waals surface area contributed by atoms with E-state index in [4.69, 9.17) is 14.9 Å². The Hall–Kier alpha value is -1.95. The van der Waals surface area contributed by atoms with E-state index in [1.165, 1.54) is 12.1 Å². The number of hydrogen-bond acceptors (Lipinski definition) is 4. The molecule has 0 radical (unpaired) electrons. The van der Waals surface area contributed by atoms with Crippen molar-refractivity contribution in [2.24, 2.45) is 0 Å². The molecule has 0 aliphatic heterocycles. The maximum atomic E-state index is 11.2. The summed E-state index contributed by atoms with van der Waals surface area (Å²) in [6.07, 6.45) is -0.516. The molecular formula is C11H16N2O4. The summed E-state index contributed by atoms with van der Waals surface area (Å²) >= 11 is 0. The highest BCUT2D eigenvalue weighted by Crippen LogP contribution is 2.16. The van der Waals surface area contributed by atoms with E-state index >= 15 is 0 Å². The Labute approximate surface area is 99.2 Å². The number of carbonyl (C=O) groups is 1. The zero-order chi connectivity index (χ0) is 12.7. The summed E-state index contributed by atoms with van der Waals surface area (Å²) in [6.45, 7) is 1.75. The first kappa shape index (κ1) is 13.1. The van der Waals surface area contributed by atoms with Crippen LogP contribution in [-0.4, -0.2) is 35.6 Å². The van der Waals surface area contributed by atoms with E-state index in [0.717, 1.165) is 0 Å². The topological polar surface area (TPSA) is 90.8 Å². The predicted octanol–water partition coefficient (Wildman–Crippen LogP) is 0.408. The molecule has 1 rings (SSSR count). The maximum Gasteiger partial charge on any atom is 0.317 e. The lowest BCUT2D eigenvalue weighted by atomic mass is 10.3. The number of amides is 2. The van der Waals surface area contributed by atoms with Gasteiger partial charge in [-0.15, -0.1) is 0 Å². The van der Waals surface area contributed by atoms with Gasteiger partial charge in [-0.25, -0.2) is 4.79 Å². The smallest absolute Gasteiger partial charge is 0.317 e. The van der Waals surface area contributed by atoms with Crippen LogP contribution >= 0.6 is 0 Å². The van der Waals surface area contributed by atoms with Crippen LogP contribution in [0.3, 0.4) is 0 Å². The van der Waals surface area contributed by atoms with Gasteiger partial charge in [-0.1, -0.05) is 0 Å². The van der Waals surface area contributed by atoms with Crippen molar-refractivity contribution < 1.29 is 19.7 Å². The van der Waals surface area contributed by atoms with Gasteiger partial charge in [0.15, 0.2) is 6.23 Å². The van der Waals surface area contributed by atoms with Crippen LogP contribution in [0.4, 0.5) is 4.79 Å². The fourth-order valence-corrected chi connectivity index (χ4v) is 1.16. The number of nitrogens with one attached hydrogen (secondary N) is 2. The highest BCUT2D eigenvalue weighted by atomic mass is 16.5. The molecule has 0 aromatic heterocycles. The van der Waals surface area contributed by atoms with E-state index in [1.807, 2.05) is 0 Å². The number of aliphatic hydroxyl groups excluding tert-OH is 1. The molecule has 0 fully saturated rings. The first-order chi connectivity index (χ1) is 8.11. The van der Waals surface area contributed by atoms with Gasteiger partial charge in [0.2, 0.25) is 0 Å². The molecule has 0 saturated heterocycles. The molecule has 1 atom stereocenters. The first-order valence-electron chi connectivity index (χ1n) is 5.22. The lowest BCUT2D eigenvalue weighted by molar-refractivity contribution is 0.175. The molecule has 6 heteroatoms. The number of carbonyl (C=O) groups excluding carboxylic acids is 1. The van der Waals surface area contributed by atoms with Crippen molar-refractivity contribution in [2.75, 3.05) is 13.2 Å². The second-order valence-corrected chi connectivity index (χ2v) is 3.38. The van der Waals surface area contributed by atoms with Crippen molar-refractivity contribution in [2.45, 2.75) is 13.2 Å². The molecule has 4 N–H and O–H groups in total. The number of benzene rings is 1. The predicted molar refractivity (Wildman–Crippen MR) is 61.8 cm³/mol. The van der Waals surface area contributed by atoms with Gasteiger partial charge in [-0.3, -0.25) is 0 Å². The SMILES string of the molecule is CC(NC(=O)NCCO)Oc1ccc(O)cc1. The zero-order valence-electron chi connectivity index (χ0n) is 9.51. The van der Waals surface area contributed by atoms with E-state index in [-0.39, 0.29) is 18.9 Å². The Bertz CT molecular complexity index is 353. The number of rotatable bonds is 5. The molecule has 1 aromatic carbocycles. The van der Waals surface area contributed by atoms with Crippen LogP contribution in [0.15, 0.2) is 24.3 Å². The van der Waals surface area contributed by atoms with Gasteiger partial charge in [0.1, 0.15) is 11.5 Å². The second kappa shape index (κ2) is 6.59. The normalized spacial score (nSPS) is 11.6. The Kier molecular flexibility index (Phi) is 5.09. The summed E-state index contributed by atoms with van der Waals surface area (Å²) in [7, 11) is 0. The molecule has 17 heavy (non-hydrogen) atoms. The van der Waals surface area contributed by atoms with E-state index in [0.29, 0.717) is 5.75 Å². The third kappa shape index (κ3) is 5.07. The van der Waals surface area contributed by atoms with Gasteiger partial charge in [0.05, 0.1) is 6.61 Å². The van der Waals surface area contributed by atoms with Crippen LogP contribution in [-0.2, 0) is 0 Å². The number of ether oxygens (including phenoxy) is 1. The Morgan fingerprint density at radius 1 is 1.41 bits per heavy atom. The minimum absolute atomic E-state index is 0.110. The molecule has 0 saturated carbocycles. The third-order valence-corrected chi connectivity index (χ3v) is 1.88. The summed E-state index contributed by atoms with van der Waals surface area (Å²) < 4.78 is 5.37. The lowest BCUT2D eigenvalue weighted by Gasteiger charge is -2.16. The summed E-state index contributed by atoms with van der Waals surface area (Å²) in [5.74, 6) is 0.691. The number of phenols is 1. The van der Waals surface area contributed by atoms with Crippen LogP contribution in [0, 0.1) is 0 Å². The molecule has 0 aliphatic rings. The van der Waals surface area contributed by atoms with Crippen molar-refractivity contribution in [3.63, 3.8) is 0 Å². The van der Waals surface area contributed by atoms with Crippen LogP contribution in [0.2, 0.25) is 0 Å². The fourth-order valence-electron chi connectivity index (χ4n) is 1.16. The first-order valence-corrected chi connectivity index (χ1v) is 5.22. The number of aromatic hydroxyl groups is 1. The number of phenolic OH excluding ortho intramolecular Hbond substituents is 1. The molecule has 0 spiro atoms. The monoisotopic (exact) mass is 240 g/mol. The van der Waals surface area contributed by atoms with Crippen molar-refractivity contribution in [3.05, 3.63) is 24.3 Å². The summed E-state index contributed by atoms with van der Waals surface area (Å²) in [4.78, 5) is 11.2. The summed E-state index contributed by atoms with van der Waals surface area (Å²) in [5, 5.41) is 22.6. The molecular weight excluding hydrogens is 224 g/mol. The lowest BCUT2D eigenvalue weighted by Crippen LogP contribution is -2.44. The minimum Gasteiger partial charge on any atom is -0.508 e. The molecule has 0 aliphatic carbocycles. The maximum absolute atomic E-state index is 11.2. The van der Waals surface area contributed by atoms with Crippen molar-refractivity contribution in [1.82, 2.24) is 10.6 Å². The van der Waals surface area contributed by atoms with Crippen LogP contribution in [0.1, 0.15) is 6.92 Å². The van der Waals surface area contributed by atoms with Crippen LogP contribution in [0.25, 0.3) is 0 Å². The largest absolute Gasteiger partial charge is 0.508 e. The summed E-state index contributed by atoms with van der Waals surface area (Å²) in [5.41, 5.74) is 0. The minimum atomic E-state index is -0.516. The van der Waals surface area contributed by atoms with Crippen molar-refractivity contribution in [1.29, 1.82) is 0 Å². The van der Waals surface area contributed by atoms with Crippen molar-refractivity contribution in [3.8, 4) is 11.5 Å². The van der Waals surface area contributed by atoms with E-state index in [9.17, 15) is 4.79 Å². The van der Waals surface area contributed by atoms with Gasteiger partial charge in [0.25, 0.3) is 0 Å². The highest BCUT2D eigenvalue weighted by Gasteiger charge is 2.07. The van der Waals surface area contributed by atoms with Crippen LogP contribution in [0.5, 0.6) is 11.5 Å². The molecule has 6 nitrogen and oxygen atoms in total. The standard InChI is InChI=1S/C11H16N2O4/c1-8(13-11(16)12-6-7-14)17-10-4-2-9(15)3-5-10/h2-5,8,14-15H,6-7H2,1H3,(H2,12,13,16). The Morgan fingerprint density at radius 2 is 2.06 bits per heavy atom. The van der Waals surface area contributed by atoms with E-state index < -0.39 is 12.3 Å².